The van der Waals surface area contributed by atoms with E-state index in [0.29, 0.717) is 11.3 Å². The summed E-state index contributed by atoms with van der Waals surface area (Å²) in [6.45, 7) is 1.75. The van der Waals surface area contributed by atoms with Gasteiger partial charge in [-0.2, -0.15) is 5.26 Å². The Balaban J connectivity index is 2.48. The molecule has 0 amide bonds. The van der Waals surface area contributed by atoms with Crippen LogP contribution >= 0.6 is 0 Å². The monoisotopic (exact) mass is 259 g/mol. The third-order valence-corrected chi connectivity index (χ3v) is 4.48. The van der Waals surface area contributed by atoms with Crippen molar-refractivity contribution in [2.45, 2.75) is 44.6 Å². The quantitative estimate of drug-likeness (QED) is 0.905. The molecule has 3 nitrogen and oxygen atoms in total. The van der Waals surface area contributed by atoms with Gasteiger partial charge in [-0.1, -0.05) is 37.5 Å². The van der Waals surface area contributed by atoms with Gasteiger partial charge in [0.25, 0.3) is 0 Å². The number of hydrogen-bond acceptors (Lipinski definition) is 3. The van der Waals surface area contributed by atoms with Crippen molar-refractivity contribution >= 4 is 0 Å². The summed E-state index contributed by atoms with van der Waals surface area (Å²) in [5, 5.41) is 20.7. The SMILES string of the molecule is COc1ccccc1C(C)(O)C1(C#N)CCCCC1. The van der Waals surface area contributed by atoms with Crippen molar-refractivity contribution in [2.24, 2.45) is 5.41 Å². The summed E-state index contributed by atoms with van der Waals surface area (Å²) in [5.41, 5.74) is -1.18. The zero-order valence-electron chi connectivity index (χ0n) is 11.6. The molecule has 1 atom stereocenters. The van der Waals surface area contributed by atoms with E-state index in [1.165, 1.54) is 0 Å². The summed E-state index contributed by atoms with van der Waals surface area (Å²) in [6, 6.07) is 9.84. The first-order valence-electron chi connectivity index (χ1n) is 6.84. The van der Waals surface area contributed by atoms with Gasteiger partial charge in [-0.25, -0.2) is 0 Å². The first-order chi connectivity index (χ1) is 9.07. The second-order valence-electron chi connectivity index (χ2n) is 5.53. The van der Waals surface area contributed by atoms with E-state index in [4.69, 9.17) is 4.74 Å². The van der Waals surface area contributed by atoms with Gasteiger partial charge in [-0.15, -0.1) is 0 Å². The van der Waals surface area contributed by atoms with Gasteiger partial charge in [0.15, 0.2) is 0 Å². The molecule has 3 heteroatoms. The van der Waals surface area contributed by atoms with E-state index < -0.39 is 11.0 Å². The summed E-state index contributed by atoms with van der Waals surface area (Å²) in [6.07, 6.45) is 4.63. The van der Waals surface area contributed by atoms with Gasteiger partial charge < -0.3 is 9.84 Å². The molecule has 0 saturated heterocycles. The average molecular weight is 259 g/mol. The van der Waals surface area contributed by atoms with E-state index in [-0.39, 0.29) is 0 Å². The Morgan fingerprint density at radius 3 is 2.47 bits per heavy atom. The largest absolute Gasteiger partial charge is 0.496 e. The van der Waals surface area contributed by atoms with Crippen LogP contribution in [0.2, 0.25) is 0 Å². The second kappa shape index (κ2) is 5.22. The lowest BCUT2D eigenvalue weighted by Crippen LogP contribution is -2.44. The molecule has 1 aromatic rings. The lowest BCUT2D eigenvalue weighted by molar-refractivity contribution is -0.0647. The van der Waals surface area contributed by atoms with Crippen LogP contribution in [0.1, 0.15) is 44.6 Å². The van der Waals surface area contributed by atoms with E-state index in [0.717, 1.165) is 32.1 Å². The van der Waals surface area contributed by atoms with Gasteiger partial charge in [-0.05, 0) is 25.8 Å². The first-order valence-corrected chi connectivity index (χ1v) is 6.84. The van der Waals surface area contributed by atoms with E-state index in [2.05, 4.69) is 6.07 Å². The Labute approximate surface area is 114 Å². The fourth-order valence-corrected chi connectivity index (χ4v) is 3.17. The minimum Gasteiger partial charge on any atom is -0.496 e. The van der Waals surface area contributed by atoms with Crippen molar-refractivity contribution in [2.75, 3.05) is 7.11 Å². The molecule has 0 radical (unpaired) electrons. The van der Waals surface area contributed by atoms with E-state index in [9.17, 15) is 10.4 Å². The summed E-state index contributed by atoms with van der Waals surface area (Å²) in [5.74, 6) is 0.646. The molecule has 1 unspecified atom stereocenters. The number of aliphatic hydroxyl groups is 1. The lowest BCUT2D eigenvalue weighted by atomic mass is 9.62. The minimum atomic E-state index is -1.19. The summed E-state index contributed by atoms with van der Waals surface area (Å²) in [4.78, 5) is 0. The molecule has 1 saturated carbocycles. The zero-order chi connectivity index (χ0) is 13.9. The van der Waals surface area contributed by atoms with Crippen LogP contribution in [-0.2, 0) is 5.60 Å². The fraction of sp³-hybridized carbons (Fsp3) is 0.562. The summed E-state index contributed by atoms with van der Waals surface area (Å²) in [7, 11) is 1.59. The molecule has 0 aliphatic heterocycles. The lowest BCUT2D eigenvalue weighted by Gasteiger charge is -2.43. The van der Waals surface area contributed by atoms with Crippen molar-refractivity contribution < 1.29 is 9.84 Å². The zero-order valence-corrected chi connectivity index (χ0v) is 11.6. The van der Waals surface area contributed by atoms with Crippen molar-refractivity contribution in [3.05, 3.63) is 29.8 Å². The molecular formula is C16H21NO2. The van der Waals surface area contributed by atoms with Gasteiger partial charge in [0.2, 0.25) is 0 Å². The maximum Gasteiger partial charge on any atom is 0.124 e. The summed E-state index contributed by atoms with van der Waals surface area (Å²) >= 11 is 0. The number of nitriles is 1. The van der Waals surface area contributed by atoms with Crippen LogP contribution in [0.5, 0.6) is 5.75 Å². The Hall–Kier alpha value is -1.53. The Bertz CT molecular complexity index is 482. The van der Waals surface area contributed by atoms with Crippen LogP contribution in [0.4, 0.5) is 0 Å². The van der Waals surface area contributed by atoms with E-state index >= 15 is 0 Å². The van der Waals surface area contributed by atoms with Gasteiger partial charge in [0.05, 0.1) is 18.6 Å². The molecule has 102 valence electrons. The number of ether oxygens (including phenoxy) is 1. The Kier molecular flexibility index (Phi) is 3.82. The fourth-order valence-electron chi connectivity index (χ4n) is 3.17. The average Bonchev–Trinajstić information content (AvgIpc) is 2.47. The van der Waals surface area contributed by atoms with Crippen LogP contribution in [0, 0.1) is 16.7 Å². The van der Waals surface area contributed by atoms with Crippen LogP contribution in [0.25, 0.3) is 0 Å². The molecule has 0 aromatic heterocycles. The summed E-state index contributed by atoms with van der Waals surface area (Å²) < 4.78 is 5.34. The first kappa shape index (κ1) is 13.9. The van der Waals surface area contributed by atoms with Gasteiger partial charge in [0, 0.05) is 5.56 Å². The predicted octanol–water partition coefficient (Wildman–Crippen LogP) is 3.38. The van der Waals surface area contributed by atoms with Crippen LogP contribution in [0.3, 0.4) is 0 Å². The molecule has 1 N–H and O–H groups in total. The number of hydrogen-bond donors (Lipinski definition) is 1. The number of nitrogens with zero attached hydrogens (tertiary/aromatic N) is 1. The Morgan fingerprint density at radius 1 is 1.26 bits per heavy atom. The highest BCUT2D eigenvalue weighted by molar-refractivity contribution is 5.40. The number of methoxy groups -OCH3 is 1. The van der Waals surface area contributed by atoms with Crippen LogP contribution in [0.15, 0.2) is 24.3 Å². The van der Waals surface area contributed by atoms with Crippen molar-refractivity contribution in [3.63, 3.8) is 0 Å². The predicted molar refractivity (Wildman–Crippen MR) is 73.7 cm³/mol. The molecule has 19 heavy (non-hydrogen) atoms. The third-order valence-electron chi connectivity index (χ3n) is 4.48. The number of para-hydroxylation sites is 1. The molecular weight excluding hydrogens is 238 g/mol. The Morgan fingerprint density at radius 2 is 1.89 bits per heavy atom. The second-order valence-corrected chi connectivity index (χ2v) is 5.53. The van der Waals surface area contributed by atoms with Crippen LogP contribution in [-0.4, -0.2) is 12.2 Å². The van der Waals surface area contributed by atoms with Crippen molar-refractivity contribution in [1.29, 1.82) is 5.26 Å². The minimum absolute atomic E-state index is 0.646. The molecule has 0 heterocycles. The number of benzene rings is 1. The van der Waals surface area contributed by atoms with Gasteiger partial charge in [-0.3, -0.25) is 0 Å². The maximum atomic E-state index is 11.1. The standard InChI is InChI=1S/C16H21NO2/c1-15(18,13-8-4-5-9-14(13)19-2)16(12-17)10-6-3-7-11-16/h4-5,8-9,18H,3,6-7,10-11H2,1-2H3. The molecule has 2 rings (SSSR count). The van der Waals surface area contributed by atoms with Crippen LogP contribution < -0.4 is 4.74 Å². The number of rotatable bonds is 3. The normalized spacial score (nSPS) is 21.2. The molecule has 0 bridgehead atoms. The van der Waals surface area contributed by atoms with Crippen molar-refractivity contribution in [3.8, 4) is 11.8 Å². The topological polar surface area (TPSA) is 53.2 Å². The molecule has 0 spiro atoms. The van der Waals surface area contributed by atoms with Gasteiger partial charge in [0.1, 0.15) is 11.4 Å². The highest BCUT2D eigenvalue weighted by Crippen LogP contribution is 2.51. The van der Waals surface area contributed by atoms with Gasteiger partial charge >= 0.3 is 0 Å². The molecule has 1 aliphatic rings. The molecule has 1 aromatic carbocycles. The highest BCUT2D eigenvalue weighted by atomic mass is 16.5. The highest BCUT2D eigenvalue weighted by Gasteiger charge is 2.50. The third kappa shape index (κ3) is 2.21. The van der Waals surface area contributed by atoms with Crippen molar-refractivity contribution in [1.82, 2.24) is 0 Å². The maximum absolute atomic E-state index is 11.1. The van der Waals surface area contributed by atoms with E-state index in [1.54, 1.807) is 14.0 Å². The van der Waals surface area contributed by atoms with E-state index in [1.807, 2.05) is 24.3 Å². The smallest absolute Gasteiger partial charge is 0.124 e. The molecule has 1 fully saturated rings. The molecule has 1 aliphatic carbocycles.